The highest BCUT2D eigenvalue weighted by Gasteiger charge is 2.14. The summed E-state index contributed by atoms with van der Waals surface area (Å²) >= 11 is 0. The maximum atomic E-state index is 5.09. The highest BCUT2D eigenvalue weighted by Crippen LogP contribution is 2.37. The number of pyridine rings is 1. The number of hydrogen-bond donors (Lipinski definition) is 0. The van der Waals surface area contributed by atoms with Gasteiger partial charge in [-0.2, -0.15) is 0 Å². The summed E-state index contributed by atoms with van der Waals surface area (Å²) in [7, 11) is 0. The van der Waals surface area contributed by atoms with E-state index in [1.54, 1.807) is 6.20 Å². The second kappa shape index (κ2) is 10.1. The maximum Gasteiger partial charge on any atom is 0.160 e. The van der Waals surface area contributed by atoms with Crippen molar-refractivity contribution in [1.29, 1.82) is 0 Å². The molecule has 42 heavy (non-hydrogen) atoms. The van der Waals surface area contributed by atoms with Crippen LogP contribution >= 0.6 is 0 Å². The molecule has 3 heteroatoms. The number of hydrogen-bond acceptors (Lipinski definition) is 3. The minimum atomic E-state index is 0.711. The molecule has 0 N–H and O–H groups in total. The monoisotopic (exact) mass is 535 g/mol. The Morgan fingerprint density at radius 2 is 0.857 bits per heavy atom. The minimum absolute atomic E-state index is 0.711. The third-order valence-electron chi connectivity index (χ3n) is 7.97. The Morgan fingerprint density at radius 1 is 0.333 bits per heavy atom. The molecule has 0 amide bonds. The Kier molecular flexibility index (Phi) is 5.79. The molecule has 0 fully saturated rings. The average molecular weight is 536 g/mol. The van der Waals surface area contributed by atoms with Crippen LogP contribution in [0.5, 0.6) is 0 Å². The van der Waals surface area contributed by atoms with Gasteiger partial charge in [0.1, 0.15) is 0 Å². The first-order valence-electron chi connectivity index (χ1n) is 14.1. The molecular formula is C39H25N3. The number of nitrogens with zero attached hydrogens (tertiary/aromatic N) is 3. The molecule has 8 rings (SSSR count). The summed E-state index contributed by atoms with van der Waals surface area (Å²) in [4.78, 5) is 14.4. The number of fused-ring (bicyclic) bond motifs is 6. The van der Waals surface area contributed by atoms with E-state index in [0.29, 0.717) is 5.82 Å². The smallest absolute Gasteiger partial charge is 0.160 e. The van der Waals surface area contributed by atoms with Crippen molar-refractivity contribution < 1.29 is 0 Å². The lowest BCUT2D eigenvalue weighted by molar-refractivity contribution is 1.18. The van der Waals surface area contributed by atoms with Gasteiger partial charge in [-0.05, 0) is 61.6 Å². The van der Waals surface area contributed by atoms with Gasteiger partial charge in [0, 0.05) is 29.1 Å². The third-order valence-corrected chi connectivity index (χ3v) is 7.97. The van der Waals surface area contributed by atoms with Gasteiger partial charge in [-0.15, -0.1) is 0 Å². The van der Waals surface area contributed by atoms with Crippen LogP contribution in [0, 0.1) is 0 Å². The molecule has 2 aromatic heterocycles. The fraction of sp³-hybridized carbons (Fsp3) is 0. The highest BCUT2D eigenvalue weighted by atomic mass is 14.9. The van der Waals surface area contributed by atoms with E-state index in [4.69, 9.17) is 9.97 Å². The van der Waals surface area contributed by atoms with Gasteiger partial charge in [-0.3, -0.25) is 4.98 Å². The molecule has 8 aromatic rings. The molecule has 0 radical (unpaired) electrons. The fourth-order valence-electron chi connectivity index (χ4n) is 5.89. The van der Waals surface area contributed by atoms with Gasteiger partial charge in [0.05, 0.1) is 11.4 Å². The van der Waals surface area contributed by atoms with Crippen molar-refractivity contribution in [3.8, 4) is 45.0 Å². The van der Waals surface area contributed by atoms with Crippen molar-refractivity contribution >= 4 is 32.3 Å². The van der Waals surface area contributed by atoms with Crippen molar-refractivity contribution in [3.05, 3.63) is 152 Å². The molecule has 0 unspecified atom stereocenters. The standard InChI is InChI=1S/C39H25N3/c1-2-9-28(10-3-1)39-41-37(27-18-16-26(17-19-27)30-11-8-22-40-25-30)24-38(42-39)29-20-21-35-33-14-5-4-12-31(33)32-13-6-7-15-34(32)36(35)23-29/h1-25H. The van der Waals surface area contributed by atoms with Crippen LogP contribution in [-0.2, 0) is 0 Å². The molecule has 0 saturated carbocycles. The molecule has 0 aliphatic rings. The van der Waals surface area contributed by atoms with Crippen LogP contribution in [0.25, 0.3) is 77.3 Å². The zero-order valence-electron chi connectivity index (χ0n) is 22.8. The average Bonchev–Trinajstić information content (AvgIpc) is 3.09. The van der Waals surface area contributed by atoms with Gasteiger partial charge in [0.15, 0.2) is 5.82 Å². The summed E-state index contributed by atoms with van der Waals surface area (Å²) in [6.07, 6.45) is 3.68. The molecule has 0 aliphatic carbocycles. The molecule has 196 valence electrons. The summed E-state index contributed by atoms with van der Waals surface area (Å²) in [6.45, 7) is 0. The second-order valence-corrected chi connectivity index (χ2v) is 10.5. The van der Waals surface area contributed by atoms with Gasteiger partial charge in [-0.25, -0.2) is 9.97 Å². The zero-order chi connectivity index (χ0) is 27.9. The van der Waals surface area contributed by atoms with Crippen LogP contribution in [0.2, 0.25) is 0 Å². The van der Waals surface area contributed by atoms with Crippen LogP contribution in [0.1, 0.15) is 0 Å². The molecule has 0 saturated heterocycles. The van der Waals surface area contributed by atoms with E-state index >= 15 is 0 Å². The molecule has 2 heterocycles. The highest BCUT2D eigenvalue weighted by molar-refractivity contribution is 6.25. The van der Waals surface area contributed by atoms with Gasteiger partial charge in [-0.1, -0.05) is 121 Å². The minimum Gasteiger partial charge on any atom is -0.264 e. The van der Waals surface area contributed by atoms with Crippen LogP contribution in [0.4, 0.5) is 0 Å². The van der Waals surface area contributed by atoms with Gasteiger partial charge < -0.3 is 0 Å². The van der Waals surface area contributed by atoms with Crippen molar-refractivity contribution in [2.24, 2.45) is 0 Å². The van der Waals surface area contributed by atoms with E-state index in [0.717, 1.165) is 39.2 Å². The largest absolute Gasteiger partial charge is 0.264 e. The lowest BCUT2D eigenvalue weighted by atomic mass is 9.92. The number of aromatic nitrogens is 3. The third kappa shape index (κ3) is 4.20. The van der Waals surface area contributed by atoms with Crippen molar-refractivity contribution in [2.45, 2.75) is 0 Å². The van der Waals surface area contributed by atoms with Crippen LogP contribution < -0.4 is 0 Å². The summed E-state index contributed by atoms with van der Waals surface area (Å²) in [5.74, 6) is 0.711. The first-order valence-corrected chi connectivity index (χ1v) is 14.1. The van der Waals surface area contributed by atoms with Crippen LogP contribution in [0.15, 0.2) is 152 Å². The van der Waals surface area contributed by atoms with E-state index in [-0.39, 0.29) is 0 Å². The van der Waals surface area contributed by atoms with E-state index in [9.17, 15) is 0 Å². The van der Waals surface area contributed by atoms with Crippen molar-refractivity contribution in [3.63, 3.8) is 0 Å². The first-order chi connectivity index (χ1) is 20.8. The Hall–Kier alpha value is -5.67. The quantitative estimate of drug-likeness (QED) is 0.211. The topological polar surface area (TPSA) is 38.7 Å². The van der Waals surface area contributed by atoms with Gasteiger partial charge >= 0.3 is 0 Å². The molecule has 0 atom stereocenters. The molecule has 0 bridgehead atoms. The van der Waals surface area contributed by atoms with Crippen molar-refractivity contribution in [1.82, 2.24) is 15.0 Å². The Morgan fingerprint density at radius 3 is 1.50 bits per heavy atom. The Balaban J connectivity index is 1.32. The second-order valence-electron chi connectivity index (χ2n) is 10.5. The molecule has 6 aromatic carbocycles. The zero-order valence-corrected chi connectivity index (χ0v) is 22.8. The summed E-state index contributed by atoms with van der Waals surface area (Å²) in [5.41, 5.74) is 7.10. The van der Waals surface area contributed by atoms with E-state index in [1.807, 2.05) is 30.5 Å². The van der Waals surface area contributed by atoms with Gasteiger partial charge in [0.25, 0.3) is 0 Å². The summed E-state index contributed by atoms with van der Waals surface area (Å²) < 4.78 is 0. The van der Waals surface area contributed by atoms with E-state index in [2.05, 4.69) is 120 Å². The van der Waals surface area contributed by atoms with E-state index in [1.165, 1.54) is 32.3 Å². The number of rotatable bonds is 4. The van der Waals surface area contributed by atoms with Crippen LogP contribution in [0.3, 0.4) is 0 Å². The van der Waals surface area contributed by atoms with Crippen LogP contribution in [-0.4, -0.2) is 15.0 Å². The number of benzene rings is 6. The SMILES string of the molecule is c1ccc(-c2nc(-c3ccc(-c4cccnc4)cc3)cc(-c3ccc4c5ccccc5c5ccccc5c4c3)n2)cc1. The lowest BCUT2D eigenvalue weighted by Gasteiger charge is -2.13. The maximum absolute atomic E-state index is 5.09. The Bertz CT molecular complexity index is 2190. The normalized spacial score (nSPS) is 11.3. The molecule has 0 spiro atoms. The fourth-order valence-corrected chi connectivity index (χ4v) is 5.89. The molecular weight excluding hydrogens is 510 g/mol. The van der Waals surface area contributed by atoms with Gasteiger partial charge in [0.2, 0.25) is 0 Å². The Labute approximate surface area is 243 Å². The van der Waals surface area contributed by atoms with Crippen molar-refractivity contribution in [2.75, 3.05) is 0 Å². The van der Waals surface area contributed by atoms with E-state index < -0.39 is 0 Å². The summed E-state index contributed by atoms with van der Waals surface area (Å²) in [5, 5.41) is 7.52. The molecule has 3 nitrogen and oxygen atoms in total. The lowest BCUT2D eigenvalue weighted by Crippen LogP contribution is -1.96. The predicted octanol–water partition coefficient (Wildman–Crippen LogP) is 10.00. The predicted molar refractivity (Wildman–Crippen MR) is 174 cm³/mol. The molecule has 0 aliphatic heterocycles. The summed E-state index contributed by atoms with van der Waals surface area (Å²) in [6, 6.07) is 48.9. The first kappa shape index (κ1) is 24.2.